The van der Waals surface area contributed by atoms with Crippen molar-refractivity contribution < 1.29 is 19.1 Å². The first kappa shape index (κ1) is 22.5. The van der Waals surface area contributed by atoms with Gasteiger partial charge in [0.2, 0.25) is 0 Å². The van der Waals surface area contributed by atoms with E-state index in [9.17, 15) is 9.59 Å². The summed E-state index contributed by atoms with van der Waals surface area (Å²) in [7, 11) is 3.39. The highest BCUT2D eigenvalue weighted by Gasteiger charge is 2.32. The lowest BCUT2D eigenvalue weighted by Crippen LogP contribution is -2.43. The van der Waals surface area contributed by atoms with Gasteiger partial charge in [0.05, 0.1) is 12.2 Å². The monoisotopic (exact) mass is 425 g/mol. The minimum Gasteiger partial charge on any atom is -0.490 e. The number of anilines is 1. The summed E-state index contributed by atoms with van der Waals surface area (Å²) in [5, 5.41) is 3.49. The van der Waals surface area contributed by atoms with E-state index in [0.29, 0.717) is 30.2 Å². The number of rotatable bonds is 8. The van der Waals surface area contributed by atoms with E-state index in [1.54, 1.807) is 27.1 Å². The highest BCUT2D eigenvalue weighted by Crippen LogP contribution is 2.37. The van der Waals surface area contributed by atoms with Gasteiger partial charge < -0.3 is 24.6 Å². The molecule has 31 heavy (non-hydrogen) atoms. The summed E-state index contributed by atoms with van der Waals surface area (Å²) < 4.78 is 11.7. The predicted molar refractivity (Wildman–Crippen MR) is 121 cm³/mol. The van der Waals surface area contributed by atoms with Crippen molar-refractivity contribution in [1.82, 2.24) is 9.80 Å². The normalized spacial score (nSPS) is 16.2. The van der Waals surface area contributed by atoms with Crippen molar-refractivity contribution in [2.24, 2.45) is 0 Å². The topological polar surface area (TPSA) is 71.1 Å². The van der Waals surface area contributed by atoms with E-state index in [2.05, 4.69) is 12.2 Å². The van der Waals surface area contributed by atoms with Crippen LogP contribution in [-0.2, 0) is 4.79 Å². The zero-order valence-corrected chi connectivity index (χ0v) is 18.8. The fourth-order valence-electron chi connectivity index (χ4n) is 3.69. The van der Waals surface area contributed by atoms with Crippen LogP contribution in [0.2, 0.25) is 0 Å². The number of fused-ring (bicyclic) bond motifs is 1. The van der Waals surface area contributed by atoms with Gasteiger partial charge >= 0.3 is 0 Å². The average Bonchev–Trinajstić information content (AvgIpc) is 2.76. The Morgan fingerprint density at radius 3 is 2.58 bits per heavy atom. The molecule has 0 fully saturated rings. The first-order valence-electron chi connectivity index (χ1n) is 10.7. The van der Waals surface area contributed by atoms with Crippen LogP contribution in [0.5, 0.6) is 11.5 Å². The second-order valence-corrected chi connectivity index (χ2v) is 7.72. The Hall–Kier alpha value is -3.22. The molecule has 0 aliphatic carbocycles. The van der Waals surface area contributed by atoms with Gasteiger partial charge in [-0.15, -0.1) is 0 Å². The highest BCUT2D eigenvalue weighted by atomic mass is 16.5. The van der Waals surface area contributed by atoms with Gasteiger partial charge in [-0.25, -0.2) is 0 Å². The third-order valence-electron chi connectivity index (χ3n) is 5.16. The van der Waals surface area contributed by atoms with Gasteiger partial charge in [0, 0.05) is 26.3 Å². The quantitative estimate of drug-likeness (QED) is 0.694. The first-order valence-corrected chi connectivity index (χ1v) is 10.7. The Labute approximate surface area is 183 Å². The van der Waals surface area contributed by atoms with E-state index >= 15 is 0 Å². The lowest BCUT2D eigenvalue weighted by Gasteiger charge is -2.38. The van der Waals surface area contributed by atoms with E-state index < -0.39 is 6.10 Å². The molecule has 0 unspecified atom stereocenters. The van der Waals surface area contributed by atoms with Crippen molar-refractivity contribution in [1.29, 1.82) is 0 Å². The van der Waals surface area contributed by atoms with Crippen LogP contribution >= 0.6 is 0 Å². The molecule has 0 bridgehead atoms. The minimum atomic E-state index is -0.641. The molecule has 1 N–H and O–H groups in total. The molecule has 1 aliphatic heterocycles. The molecule has 1 aliphatic rings. The Morgan fingerprint density at radius 1 is 1.16 bits per heavy atom. The molecule has 0 spiro atoms. The summed E-state index contributed by atoms with van der Waals surface area (Å²) in [5.41, 5.74) is 2.38. The zero-order valence-electron chi connectivity index (χ0n) is 18.8. The number of amides is 2. The Kier molecular flexibility index (Phi) is 7.05. The van der Waals surface area contributed by atoms with E-state index in [1.165, 1.54) is 4.90 Å². The van der Waals surface area contributed by atoms with Crippen LogP contribution in [0, 0.1) is 0 Å². The van der Waals surface area contributed by atoms with Crippen LogP contribution in [0.4, 0.5) is 5.69 Å². The molecular weight excluding hydrogens is 394 g/mol. The SMILES string of the molecule is CCCN1C(=O)c2ccccc2N[C@@H]1c1ccc(O[C@@H](C)C(=O)N(C)C)c(OCC)c1. The number of nitrogens with zero attached hydrogens (tertiary/aromatic N) is 2. The molecule has 0 saturated heterocycles. The molecule has 3 rings (SSSR count). The zero-order chi connectivity index (χ0) is 22.5. The maximum atomic E-state index is 13.1. The van der Waals surface area contributed by atoms with Crippen LogP contribution in [-0.4, -0.2) is 55.0 Å². The van der Waals surface area contributed by atoms with Crippen LogP contribution in [0.15, 0.2) is 42.5 Å². The Morgan fingerprint density at radius 2 is 1.90 bits per heavy atom. The fourth-order valence-corrected chi connectivity index (χ4v) is 3.69. The molecular formula is C24H31N3O4. The van der Waals surface area contributed by atoms with Gasteiger partial charge in [0.25, 0.3) is 11.8 Å². The van der Waals surface area contributed by atoms with Crippen LogP contribution in [0.1, 0.15) is 49.3 Å². The summed E-state index contributed by atoms with van der Waals surface area (Å²) in [6, 6.07) is 13.1. The molecule has 2 aromatic carbocycles. The molecule has 7 heteroatoms. The highest BCUT2D eigenvalue weighted by molar-refractivity contribution is 6.01. The number of hydrogen-bond acceptors (Lipinski definition) is 5. The van der Waals surface area contributed by atoms with E-state index in [4.69, 9.17) is 9.47 Å². The van der Waals surface area contributed by atoms with Crippen molar-refractivity contribution in [3.05, 3.63) is 53.6 Å². The predicted octanol–water partition coefficient (Wildman–Crippen LogP) is 3.92. The van der Waals surface area contributed by atoms with Gasteiger partial charge in [-0.2, -0.15) is 0 Å². The van der Waals surface area contributed by atoms with Gasteiger partial charge in [0.1, 0.15) is 6.17 Å². The molecule has 0 aromatic heterocycles. The standard InChI is InChI=1S/C24H31N3O4/c1-6-14-27-22(25-19-11-9-8-10-18(19)24(27)29)17-12-13-20(21(15-17)30-7-2)31-16(3)23(28)26(4)5/h8-13,15-16,22,25H,6-7,14H2,1-5H3/t16-,22-/m0/s1. The van der Waals surface area contributed by atoms with E-state index in [0.717, 1.165) is 17.7 Å². The Balaban J connectivity index is 1.95. The first-order chi connectivity index (χ1) is 14.9. The lowest BCUT2D eigenvalue weighted by atomic mass is 10.0. The molecule has 2 amide bonds. The maximum Gasteiger partial charge on any atom is 0.262 e. The van der Waals surface area contributed by atoms with Gasteiger partial charge in [0.15, 0.2) is 17.6 Å². The van der Waals surface area contributed by atoms with Crippen LogP contribution < -0.4 is 14.8 Å². The third-order valence-corrected chi connectivity index (χ3v) is 5.16. The van der Waals surface area contributed by atoms with Crippen molar-refractivity contribution in [3.8, 4) is 11.5 Å². The average molecular weight is 426 g/mol. The van der Waals surface area contributed by atoms with Crippen molar-refractivity contribution in [3.63, 3.8) is 0 Å². The van der Waals surface area contributed by atoms with E-state index in [-0.39, 0.29) is 18.0 Å². The molecule has 2 aromatic rings. The summed E-state index contributed by atoms with van der Waals surface area (Å²) in [5.74, 6) is 0.919. The molecule has 1 heterocycles. The van der Waals surface area contributed by atoms with Crippen molar-refractivity contribution in [2.75, 3.05) is 32.6 Å². The number of ether oxygens (including phenoxy) is 2. The molecule has 0 saturated carbocycles. The van der Waals surface area contributed by atoms with Gasteiger partial charge in [-0.05, 0) is 50.1 Å². The van der Waals surface area contributed by atoms with Gasteiger partial charge in [-0.3, -0.25) is 9.59 Å². The lowest BCUT2D eigenvalue weighted by molar-refractivity contribution is -0.135. The second-order valence-electron chi connectivity index (χ2n) is 7.72. The summed E-state index contributed by atoms with van der Waals surface area (Å²) in [6.07, 6.45) is -0.121. The largest absolute Gasteiger partial charge is 0.490 e. The number of carbonyl (C=O) groups excluding carboxylic acids is 2. The summed E-state index contributed by atoms with van der Waals surface area (Å²) in [6.45, 7) is 6.74. The number of nitrogens with one attached hydrogen (secondary N) is 1. The fraction of sp³-hybridized carbons (Fsp3) is 0.417. The van der Waals surface area contributed by atoms with E-state index in [1.807, 2.05) is 48.2 Å². The van der Waals surface area contributed by atoms with Crippen molar-refractivity contribution >= 4 is 17.5 Å². The summed E-state index contributed by atoms with van der Waals surface area (Å²) >= 11 is 0. The van der Waals surface area contributed by atoms with Crippen molar-refractivity contribution in [2.45, 2.75) is 39.5 Å². The van der Waals surface area contributed by atoms with Crippen LogP contribution in [0.25, 0.3) is 0 Å². The summed E-state index contributed by atoms with van der Waals surface area (Å²) in [4.78, 5) is 28.7. The molecule has 0 radical (unpaired) electrons. The minimum absolute atomic E-state index is 0.00434. The number of benzene rings is 2. The maximum absolute atomic E-state index is 13.1. The van der Waals surface area contributed by atoms with Crippen LogP contribution in [0.3, 0.4) is 0 Å². The van der Waals surface area contributed by atoms with Gasteiger partial charge in [-0.1, -0.05) is 25.1 Å². The number of hydrogen-bond donors (Lipinski definition) is 1. The molecule has 166 valence electrons. The Bertz CT molecular complexity index is 944. The number of carbonyl (C=O) groups is 2. The smallest absolute Gasteiger partial charge is 0.262 e. The number of para-hydroxylation sites is 1. The molecule has 7 nitrogen and oxygen atoms in total. The number of likely N-dealkylation sites (N-methyl/N-ethyl adjacent to an activating group) is 1. The molecule has 2 atom stereocenters. The second kappa shape index (κ2) is 9.73. The third kappa shape index (κ3) is 4.76.